The van der Waals surface area contributed by atoms with E-state index in [1.54, 1.807) is 13.1 Å². The van der Waals surface area contributed by atoms with E-state index in [2.05, 4.69) is 12.2 Å². The van der Waals surface area contributed by atoms with Crippen LogP contribution >= 0.6 is 0 Å². The number of nitrogens with zero attached hydrogens (tertiary/aromatic N) is 1. The Balaban J connectivity index is 3.18. The smallest absolute Gasteiger partial charge is 0.243 e. The van der Waals surface area contributed by atoms with Crippen molar-refractivity contribution in [1.29, 1.82) is 0 Å². The Morgan fingerprint density at radius 1 is 1.19 bits per heavy atom. The quantitative estimate of drug-likeness (QED) is 0.803. The summed E-state index contributed by atoms with van der Waals surface area (Å²) in [6, 6.07) is 5.47. The highest BCUT2D eigenvalue weighted by Gasteiger charge is 2.24. The van der Waals surface area contributed by atoms with Gasteiger partial charge in [-0.3, -0.25) is 0 Å². The highest BCUT2D eigenvalue weighted by Crippen LogP contribution is 2.21. The lowest BCUT2D eigenvalue weighted by molar-refractivity contribution is 0.380. The van der Waals surface area contributed by atoms with E-state index >= 15 is 0 Å². The minimum absolute atomic E-state index is 0.00179. The molecule has 0 fully saturated rings. The van der Waals surface area contributed by atoms with Crippen LogP contribution in [0.3, 0.4) is 0 Å². The van der Waals surface area contributed by atoms with Crippen molar-refractivity contribution < 1.29 is 8.42 Å². The van der Waals surface area contributed by atoms with Crippen LogP contribution in [0.25, 0.3) is 0 Å². The van der Waals surface area contributed by atoms with Crippen molar-refractivity contribution in [3.8, 4) is 0 Å². The van der Waals surface area contributed by atoms with Crippen LogP contribution in [0.5, 0.6) is 0 Å². The fraction of sp³-hybridized carbons (Fsp3) is 0.625. The maximum Gasteiger partial charge on any atom is 0.243 e. The average molecular weight is 312 g/mol. The van der Waals surface area contributed by atoms with Gasteiger partial charge in [0.05, 0.1) is 4.90 Å². The van der Waals surface area contributed by atoms with Gasteiger partial charge in [-0.25, -0.2) is 8.42 Å². The third-order valence-electron chi connectivity index (χ3n) is 4.01. The Morgan fingerprint density at radius 2 is 1.86 bits per heavy atom. The maximum atomic E-state index is 12.7. The van der Waals surface area contributed by atoms with Crippen molar-refractivity contribution in [3.05, 3.63) is 29.3 Å². The number of hydrogen-bond donors (Lipinski definition) is 1. The molecule has 21 heavy (non-hydrogen) atoms. The van der Waals surface area contributed by atoms with Crippen LogP contribution in [0.1, 0.15) is 45.2 Å². The van der Waals surface area contributed by atoms with Crippen molar-refractivity contribution >= 4 is 10.0 Å². The highest BCUT2D eigenvalue weighted by molar-refractivity contribution is 7.89. The molecule has 0 radical (unpaired) electrons. The summed E-state index contributed by atoms with van der Waals surface area (Å²) in [5.41, 5.74) is 2.26. The van der Waals surface area contributed by atoms with E-state index in [0.717, 1.165) is 24.9 Å². The Labute approximate surface area is 129 Å². The predicted molar refractivity (Wildman–Crippen MR) is 87.9 cm³/mol. The first kappa shape index (κ1) is 18.1. The molecule has 0 bridgehead atoms. The van der Waals surface area contributed by atoms with Crippen molar-refractivity contribution in [3.63, 3.8) is 0 Å². The van der Waals surface area contributed by atoms with Crippen LogP contribution in [0, 0.1) is 0 Å². The zero-order chi connectivity index (χ0) is 16.0. The summed E-state index contributed by atoms with van der Waals surface area (Å²) < 4.78 is 26.8. The van der Waals surface area contributed by atoms with Crippen molar-refractivity contribution in [1.82, 2.24) is 9.62 Å². The van der Waals surface area contributed by atoms with Crippen molar-refractivity contribution in [2.45, 2.75) is 58.0 Å². The van der Waals surface area contributed by atoms with E-state index in [1.807, 2.05) is 32.9 Å². The lowest BCUT2D eigenvalue weighted by Gasteiger charge is -2.23. The van der Waals surface area contributed by atoms with Gasteiger partial charge in [0, 0.05) is 19.6 Å². The summed E-state index contributed by atoms with van der Waals surface area (Å²) in [4.78, 5) is 0.385. The van der Waals surface area contributed by atoms with E-state index in [4.69, 9.17) is 0 Å². The van der Waals surface area contributed by atoms with Gasteiger partial charge in [-0.1, -0.05) is 26.8 Å². The summed E-state index contributed by atoms with van der Waals surface area (Å²) in [5, 5.41) is 3.27. The predicted octanol–water partition coefficient (Wildman–Crippen LogP) is 2.78. The lowest BCUT2D eigenvalue weighted by atomic mass is 10.1. The molecule has 0 saturated heterocycles. The van der Waals surface area contributed by atoms with E-state index in [1.165, 1.54) is 9.87 Å². The monoisotopic (exact) mass is 312 g/mol. The lowest BCUT2D eigenvalue weighted by Crippen LogP contribution is -2.34. The van der Waals surface area contributed by atoms with E-state index < -0.39 is 10.0 Å². The molecule has 0 aliphatic carbocycles. The highest BCUT2D eigenvalue weighted by atomic mass is 32.2. The Hall–Kier alpha value is -0.910. The summed E-state index contributed by atoms with van der Waals surface area (Å²) in [6.07, 6.45) is 1.70. The minimum atomic E-state index is -3.42. The Bertz CT molecular complexity index is 555. The molecule has 4 nitrogen and oxygen atoms in total. The topological polar surface area (TPSA) is 49.4 Å². The van der Waals surface area contributed by atoms with Crippen LogP contribution in [0.15, 0.2) is 23.1 Å². The van der Waals surface area contributed by atoms with Crippen LogP contribution in [0.2, 0.25) is 0 Å². The van der Waals surface area contributed by atoms with E-state index in [0.29, 0.717) is 11.4 Å². The molecule has 1 rings (SSSR count). The van der Waals surface area contributed by atoms with Crippen LogP contribution in [0.4, 0.5) is 0 Å². The zero-order valence-corrected chi connectivity index (χ0v) is 14.6. The largest absolute Gasteiger partial charge is 0.313 e. The molecule has 1 aromatic rings. The molecule has 0 amide bonds. The normalized spacial score (nSPS) is 13.6. The fourth-order valence-electron chi connectivity index (χ4n) is 2.19. The molecule has 120 valence electrons. The van der Waals surface area contributed by atoms with Crippen LogP contribution in [-0.2, 0) is 23.0 Å². The molecule has 5 heteroatoms. The number of nitrogens with one attached hydrogen (secondary N) is 1. The third kappa shape index (κ3) is 4.28. The molecule has 1 aromatic carbocycles. The Morgan fingerprint density at radius 3 is 2.38 bits per heavy atom. The summed E-state index contributed by atoms with van der Waals surface area (Å²) in [5.74, 6) is 0. The molecule has 0 aliphatic heterocycles. The van der Waals surface area contributed by atoms with Gasteiger partial charge in [0.2, 0.25) is 10.0 Å². The average Bonchev–Trinajstić information content (AvgIpc) is 2.50. The molecule has 0 heterocycles. The third-order valence-corrected chi connectivity index (χ3v) is 5.98. The van der Waals surface area contributed by atoms with Gasteiger partial charge in [-0.2, -0.15) is 4.31 Å². The number of sulfonamides is 1. The first-order chi connectivity index (χ1) is 9.88. The summed E-state index contributed by atoms with van der Waals surface area (Å²) in [7, 11) is -1.76. The standard InChI is InChI=1S/C16H28N2O2S/c1-6-13(4)18(5)21(19,20)16-10-9-14(7-2)15(11-16)12-17-8-3/h9-11,13,17H,6-8,12H2,1-5H3. The molecule has 0 saturated carbocycles. The second-order valence-corrected chi connectivity index (χ2v) is 7.34. The SMILES string of the molecule is CCNCc1cc(S(=O)(=O)N(C)C(C)CC)ccc1CC. The van der Waals surface area contributed by atoms with Gasteiger partial charge in [0.15, 0.2) is 0 Å². The fourth-order valence-corrected chi connectivity index (χ4v) is 3.68. The number of rotatable bonds is 8. The summed E-state index contributed by atoms with van der Waals surface area (Å²) >= 11 is 0. The minimum Gasteiger partial charge on any atom is -0.313 e. The van der Waals surface area contributed by atoms with Gasteiger partial charge >= 0.3 is 0 Å². The van der Waals surface area contributed by atoms with Crippen LogP contribution < -0.4 is 5.32 Å². The summed E-state index contributed by atoms with van der Waals surface area (Å²) in [6.45, 7) is 9.63. The van der Waals surface area contributed by atoms with E-state index in [9.17, 15) is 8.42 Å². The van der Waals surface area contributed by atoms with E-state index in [-0.39, 0.29) is 6.04 Å². The Kier molecular flexibility index (Phi) is 6.84. The van der Waals surface area contributed by atoms with Crippen LogP contribution in [-0.4, -0.2) is 32.4 Å². The maximum absolute atomic E-state index is 12.7. The molecular weight excluding hydrogens is 284 g/mol. The number of aryl methyl sites for hydroxylation is 1. The van der Waals surface area contributed by atoms with Crippen molar-refractivity contribution in [2.75, 3.05) is 13.6 Å². The van der Waals surface area contributed by atoms with Gasteiger partial charge in [-0.15, -0.1) is 0 Å². The molecule has 1 unspecified atom stereocenters. The van der Waals surface area contributed by atoms with Gasteiger partial charge in [0.25, 0.3) is 0 Å². The first-order valence-electron chi connectivity index (χ1n) is 7.68. The molecule has 1 N–H and O–H groups in total. The van der Waals surface area contributed by atoms with Gasteiger partial charge < -0.3 is 5.32 Å². The van der Waals surface area contributed by atoms with Crippen molar-refractivity contribution in [2.24, 2.45) is 0 Å². The molecule has 0 aromatic heterocycles. The van der Waals surface area contributed by atoms with Gasteiger partial charge in [0.1, 0.15) is 0 Å². The molecule has 1 atom stereocenters. The second-order valence-electron chi connectivity index (χ2n) is 5.34. The molecule has 0 aliphatic rings. The number of benzene rings is 1. The van der Waals surface area contributed by atoms with Gasteiger partial charge in [-0.05, 0) is 49.6 Å². The molecule has 0 spiro atoms. The second kappa shape index (κ2) is 7.92. The number of hydrogen-bond acceptors (Lipinski definition) is 3. The molecular formula is C16H28N2O2S. The zero-order valence-electron chi connectivity index (χ0n) is 13.8. The first-order valence-corrected chi connectivity index (χ1v) is 9.12.